The molecule has 3 rings (SSSR count). The quantitative estimate of drug-likeness (QED) is 0.662. The Labute approximate surface area is 100.0 Å². The Morgan fingerprint density at radius 2 is 1.65 bits per heavy atom. The van der Waals surface area contributed by atoms with Gasteiger partial charge in [0.05, 0.1) is 5.52 Å². The molecule has 0 unspecified atom stereocenters. The number of hydrogen-bond acceptors (Lipinski definition) is 2. The molecular formula is C15H12N2. The Morgan fingerprint density at radius 3 is 2.53 bits per heavy atom. The number of benzene rings is 1. The minimum Gasteiger partial charge on any atom is -0.261 e. The summed E-state index contributed by atoms with van der Waals surface area (Å²) in [5, 5.41) is 1.21. The van der Waals surface area contributed by atoms with Crippen LogP contribution in [0.1, 0.15) is 11.3 Å². The van der Waals surface area contributed by atoms with E-state index in [1.165, 1.54) is 10.9 Å². The van der Waals surface area contributed by atoms with E-state index in [4.69, 9.17) is 0 Å². The van der Waals surface area contributed by atoms with Crippen LogP contribution in [0.2, 0.25) is 0 Å². The highest BCUT2D eigenvalue weighted by atomic mass is 14.7. The van der Waals surface area contributed by atoms with Gasteiger partial charge in [-0.1, -0.05) is 24.3 Å². The van der Waals surface area contributed by atoms with Gasteiger partial charge in [0, 0.05) is 29.9 Å². The van der Waals surface area contributed by atoms with E-state index in [-0.39, 0.29) is 0 Å². The molecular weight excluding hydrogens is 208 g/mol. The molecule has 0 radical (unpaired) electrons. The maximum atomic E-state index is 4.36. The highest BCUT2D eigenvalue weighted by molar-refractivity contribution is 5.82. The number of pyridine rings is 2. The van der Waals surface area contributed by atoms with Crippen molar-refractivity contribution < 1.29 is 0 Å². The van der Waals surface area contributed by atoms with Gasteiger partial charge in [0.2, 0.25) is 0 Å². The molecule has 0 saturated carbocycles. The first kappa shape index (κ1) is 9.97. The lowest BCUT2D eigenvalue weighted by atomic mass is 10.0. The van der Waals surface area contributed by atoms with E-state index in [0.29, 0.717) is 0 Å². The van der Waals surface area contributed by atoms with E-state index in [1.54, 1.807) is 0 Å². The average molecular weight is 220 g/mol. The Hall–Kier alpha value is -2.22. The summed E-state index contributed by atoms with van der Waals surface area (Å²) >= 11 is 0. The molecule has 17 heavy (non-hydrogen) atoms. The zero-order chi connectivity index (χ0) is 11.5. The van der Waals surface area contributed by atoms with Crippen molar-refractivity contribution in [2.75, 3.05) is 0 Å². The predicted octanol–water partition coefficient (Wildman–Crippen LogP) is 3.22. The fraction of sp³-hybridized carbons (Fsp3) is 0.0667. The molecule has 2 nitrogen and oxygen atoms in total. The summed E-state index contributed by atoms with van der Waals surface area (Å²) in [5.41, 5.74) is 3.40. The summed E-state index contributed by atoms with van der Waals surface area (Å²) in [4.78, 5) is 8.72. The molecule has 0 aliphatic carbocycles. The van der Waals surface area contributed by atoms with Gasteiger partial charge in [-0.3, -0.25) is 9.97 Å². The number of para-hydroxylation sites is 1. The van der Waals surface area contributed by atoms with Gasteiger partial charge in [0.15, 0.2) is 0 Å². The minimum absolute atomic E-state index is 0.851. The molecule has 1 aromatic carbocycles. The van der Waals surface area contributed by atoms with Gasteiger partial charge in [0.25, 0.3) is 0 Å². The number of hydrogen-bond donors (Lipinski definition) is 0. The van der Waals surface area contributed by atoms with Crippen LogP contribution in [0.15, 0.2) is 60.9 Å². The van der Waals surface area contributed by atoms with Gasteiger partial charge < -0.3 is 0 Å². The van der Waals surface area contributed by atoms with Crippen molar-refractivity contribution in [3.8, 4) is 0 Å². The van der Waals surface area contributed by atoms with E-state index in [1.807, 2.05) is 42.7 Å². The average Bonchev–Trinajstić information content (AvgIpc) is 2.40. The molecule has 0 N–H and O–H groups in total. The van der Waals surface area contributed by atoms with Crippen molar-refractivity contribution in [1.29, 1.82) is 0 Å². The molecule has 3 aromatic rings. The summed E-state index contributed by atoms with van der Waals surface area (Å²) < 4.78 is 0. The molecule has 0 saturated heterocycles. The summed E-state index contributed by atoms with van der Waals surface area (Å²) in [5.74, 6) is 0. The third kappa shape index (κ3) is 2.02. The Balaban J connectivity index is 2.06. The molecule has 0 fully saturated rings. The molecule has 0 spiro atoms. The van der Waals surface area contributed by atoms with Crippen LogP contribution in [0.4, 0.5) is 0 Å². The van der Waals surface area contributed by atoms with Crippen molar-refractivity contribution >= 4 is 10.9 Å². The topological polar surface area (TPSA) is 25.8 Å². The normalized spacial score (nSPS) is 10.6. The van der Waals surface area contributed by atoms with E-state index in [9.17, 15) is 0 Å². The molecule has 82 valence electrons. The zero-order valence-corrected chi connectivity index (χ0v) is 9.38. The standard InChI is InChI=1S/C15H12N2/c1-2-7-15-14(6-1)12(8-10-17-15)11-13-5-3-4-9-16-13/h1-10H,11H2. The number of aromatic nitrogens is 2. The van der Waals surface area contributed by atoms with Crippen LogP contribution in [0.25, 0.3) is 10.9 Å². The van der Waals surface area contributed by atoms with Crippen molar-refractivity contribution in [3.05, 3.63) is 72.2 Å². The van der Waals surface area contributed by atoms with Crippen molar-refractivity contribution in [3.63, 3.8) is 0 Å². The summed E-state index contributed by atoms with van der Waals surface area (Å²) in [7, 11) is 0. The Bertz CT molecular complexity index is 627. The fourth-order valence-electron chi connectivity index (χ4n) is 2.01. The first-order valence-electron chi connectivity index (χ1n) is 5.66. The smallest absolute Gasteiger partial charge is 0.0704 e. The second-order valence-electron chi connectivity index (χ2n) is 3.99. The molecule has 0 bridgehead atoms. The van der Waals surface area contributed by atoms with Crippen molar-refractivity contribution in [2.24, 2.45) is 0 Å². The highest BCUT2D eigenvalue weighted by Crippen LogP contribution is 2.18. The lowest BCUT2D eigenvalue weighted by molar-refractivity contribution is 1.08. The summed E-state index contributed by atoms with van der Waals surface area (Å²) in [6.07, 6.45) is 4.54. The van der Waals surface area contributed by atoms with E-state index >= 15 is 0 Å². The van der Waals surface area contributed by atoms with Crippen LogP contribution in [0, 0.1) is 0 Å². The Kier molecular flexibility index (Phi) is 2.54. The van der Waals surface area contributed by atoms with Gasteiger partial charge >= 0.3 is 0 Å². The van der Waals surface area contributed by atoms with E-state index in [0.717, 1.165) is 17.6 Å². The lowest BCUT2D eigenvalue weighted by Crippen LogP contribution is -1.93. The SMILES string of the molecule is c1ccc(Cc2ccnc3ccccc23)nc1. The molecule has 2 heterocycles. The maximum absolute atomic E-state index is 4.36. The molecule has 0 aliphatic rings. The zero-order valence-electron chi connectivity index (χ0n) is 9.38. The lowest BCUT2D eigenvalue weighted by Gasteiger charge is -2.05. The van der Waals surface area contributed by atoms with E-state index < -0.39 is 0 Å². The van der Waals surface area contributed by atoms with E-state index in [2.05, 4.69) is 28.2 Å². The van der Waals surface area contributed by atoms with Crippen molar-refractivity contribution in [2.45, 2.75) is 6.42 Å². The third-order valence-electron chi connectivity index (χ3n) is 2.84. The summed E-state index contributed by atoms with van der Waals surface area (Å²) in [6.45, 7) is 0. The van der Waals surface area contributed by atoms with Gasteiger partial charge in [-0.05, 0) is 29.8 Å². The molecule has 0 atom stereocenters. The number of fused-ring (bicyclic) bond motifs is 1. The predicted molar refractivity (Wildman–Crippen MR) is 68.8 cm³/mol. The third-order valence-corrected chi connectivity index (χ3v) is 2.84. The second kappa shape index (κ2) is 4.34. The van der Waals surface area contributed by atoms with Crippen molar-refractivity contribution in [1.82, 2.24) is 9.97 Å². The summed E-state index contributed by atoms with van der Waals surface area (Å²) in [6, 6.07) is 16.3. The van der Waals surface area contributed by atoms with Gasteiger partial charge in [-0.2, -0.15) is 0 Å². The van der Waals surface area contributed by atoms with Gasteiger partial charge in [-0.15, -0.1) is 0 Å². The monoisotopic (exact) mass is 220 g/mol. The molecule has 0 amide bonds. The minimum atomic E-state index is 0.851. The van der Waals surface area contributed by atoms with Crippen LogP contribution in [0.5, 0.6) is 0 Å². The van der Waals surface area contributed by atoms with Crippen LogP contribution in [0.3, 0.4) is 0 Å². The molecule has 2 aromatic heterocycles. The first-order valence-corrected chi connectivity index (χ1v) is 5.66. The maximum Gasteiger partial charge on any atom is 0.0704 e. The first-order chi connectivity index (χ1) is 8.43. The van der Waals surface area contributed by atoms with Gasteiger partial charge in [0.1, 0.15) is 0 Å². The second-order valence-corrected chi connectivity index (χ2v) is 3.99. The number of nitrogens with zero attached hydrogens (tertiary/aromatic N) is 2. The fourth-order valence-corrected chi connectivity index (χ4v) is 2.01. The molecule has 0 aliphatic heterocycles. The largest absolute Gasteiger partial charge is 0.261 e. The van der Waals surface area contributed by atoms with Crippen LogP contribution >= 0.6 is 0 Å². The molecule has 2 heteroatoms. The van der Waals surface area contributed by atoms with Crippen LogP contribution in [-0.2, 0) is 6.42 Å². The Morgan fingerprint density at radius 1 is 0.765 bits per heavy atom. The van der Waals surface area contributed by atoms with Crippen LogP contribution in [-0.4, -0.2) is 9.97 Å². The van der Waals surface area contributed by atoms with Gasteiger partial charge in [-0.25, -0.2) is 0 Å². The van der Waals surface area contributed by atoms with Crippen LogP contribution < -0.4 is 0 Å². The highest BCUT2D eigenvalue weighted by Gasteiger charge is 2.02. The number of rotatable bonds is 2.